The van der Waals surface area contributed by atoms with Crippen molar-refractivity contribution in [2.24, 2.45) is 11.7 Å². The Morgan fingerprint density at radius 3 is 2.62 bits per heavy atom. The van der Waals surface area contributed by atoms with Gasteiger partial charge in [0.15, 0.2) is 5.78 Å². The maximum atomic E-state index is 12.3. The van der Waals surface area contributed by atoms with Crippen molar-refractivity contribution in [3.63, 3.8) is 0 Å². The van der Waals surface area contributed by atoms with Gasteiger partial charge in [-0.25, -0.2) is 9.67 Å². The van der Waals surface area contributed by atoms with Crippen LogP contribution in [-0.2, 0) is 19.4 Å². The fourth-order valence-electron chi connectivity index (χ4n) is 2.19. The number of Topliss-reactive ketones (excluding diaryl/α,β-unsaturated/α-hetero) is 1. The first kappa shape index (κ1) is 15.4. The molecule has 1 aromatic heterocycles. The van der Waals surface area contributed by atoms with E-state index >= 15 is 0 Å². The first-order valence-corrected chi connectivity index (χ1v) is 7.29. The second-order valence-electron chi connectivity index (χ2n) is 5.59. The van der Waals surface area contributed by atoms with Crippen LogP contribution in [0.2, 0.25) is 0 Å². The highest BCUT2D eigenvalue weighted by Crippen LogP contribution is 2.09. The smallest absolute Gasteiger partial charge is 0.170 e. The molecule has 0 bridgehead atoms. The highest BCUT2D eigenvalue weighted by molar-refractivity contribution is 5.97. The number of hydrogen-bond donors (Lipinski definition) is 1. The van der Waals surface area contributed by atoms with Crippen molar-refractivity contribution in [1.29, 1.82) is 0 Å². The summed E-state index contributed by atoms with van der Waals surface area (Å²) in [7, 11) is 0. The van der Waals surface area contributed by atoms with Crippen molar-refractivity contribution < 1.29 is 4.79 Å². The van der Waals surface area contributed by atoms with Gasteiger partial charge in [-0.2, -0.15) is 5.10 Å². The number of nitrogens with zero attached hydrogens (tertiary/aromatic N) is 3. The minimum absolute atomic E-state index is 0.0623. The van der Waals surface area contributed by atoms with E-state index in [4.69, 9.17) is 5.73 Å². The average Bonchev–Trinajstić information content (AvgIpc) is 2.86. The predicted molar refractivity (Wildman–Crippen MR) is 82.1 cm³/mol. The van der Waals surface area contributed by atoms with Crippen LogP contribution in [0.4, 0.5) is 0 Å². The minimum Gasteiger partial charge on any atom is -0.330 e. The van der Waals surface area contributed by atoms with Gasteiger partial charge in [-0.1, -0.05) is 38.1 Å². The number of hydrogen-bond acceptors (Lipinski definition) is 4. The number of ketones is 1. The molecule has 0 saturated heterocycles. The number of carbonyl (C=O) groups is 1. The van der Waals surface area contributed by atoms with Gasteiger partial charge in [0.25, 0.3) is 0 Å². The standard InChI is InChI=1S/C16H22N4O/c1-12(2)10-20-16(18-11-19-20)9-15(21)14-5-3-13(4-6-14)7-8-17/h3-6,11-12H,7-10,17H2,1-2H3. The summed E-state index contributed by atoms with van der Waals surface area (Å²) < 4.78 is 1.81. The van der Waals surface area contributed by atoms with E-state index in [0.717, 1.165) is 24.4 Å². The van der Waals surface area contributed by atoms with Crippen molar-refractivity contribution in [3.8, 4) is 0 Å². The van der Waals surface area contributed by atoms with E-state index in [1.165, 1.54) is 6.33 Å². The van der Waals surface area contributed by atoms with Crippen molar-refractivity contribution >= 4 is 5.78 Å². The van der Waals surface area contributed by atoms with Gasteiger partial charge in [0.2, 0.25) is 0 Å². The van der Waals surface area contributed by atoms with Crippen LogP contribution in [0.1, 0.15) is 35.6 Å². The largest absolute Gasteiger partial charge is 0.330 e. The Bertz CT molecular complexity index is 587. The monoisotopic (exact) mass is 286 g/mol. The molecule has 21 heavy (non-hydrogen) atoms. The molecule has 1 heterocycles. The van der Waals surface area contributed by atoms with Gasteiger partial charge in [-0.3, -0.25) is 4.79 Å². The molecule has 0 fully saturated rings. The van der Waals surface area contributed by atoms with Crippen LogP contribution >= 0.6 is 0 Å². The van der Waals surface area contributed by atoms with Gasteiger partial charge in [0, 0.05) is 12.1 Å². The van der Waals surface area contributed by atoms with Crippen molar-refractivity contribution in [2.75, 3.05) is 6.54 Å². The zero-order valence-electron chi connectivity index (χ0n) is 12.6. The van der Waals surface area contributed by atoms with E-state index < -0.39 is 0 Å². The Labute approximate surface area is 125 Å². The minimum atomic E-state index is 0.0623. The van der Waals surface area contributed by atoms with Crippen LogP contribution in [-0.4, -0.2) is 27.1 Å². The van der Waals surface area contributed by atoms with Crippen molar-refractivity contribution in [2.45, 2.75) is 33.2 Å². The second kappa shape index (κ2) is 7.13. The van der Waals surface area contributed by atoms with Gasteiger partial charge >= 0.3 is 0 Å². The molecule has 112 valence electrons. The fraction of sp³-hybridized carbons (Fsp3) is 0.438. The zero-order chi connectivity index (χ0) is 15.2. The quantitative estimate of drug-likeness (QED) is 0.788. The first-order valence-electron chi connectivity index (χ1n) is 7.29. The molecule has 2 N–H and O–H groups in total. The Hall–Kier alpha value is -2.01. The fourth-order valence-corrected chi connectivity index (χ4v) is 2.19. The van der Waals surface area contributed by atoms with Gasteiger partial charge in [0.05, 0.1) is 6.42 Å². The van der Waals surface area contributed by atoms with Crippen LogP contribution in [0.3, 0.4) is 0 Å². The van der Waals surface area contributed by atoms with E-state index in [1.54, 1.807) is 0 Å². The molecule has 0 saturated carbocycles. The number of nitrogens with two attached hydrogens (primary N) is 1. The molecule has 0 amide bonds. The summed E-state index contributed by atoms with van der Waals surface area (Å²) in [5.41, 5.74) is 7.37. The molecule has 5 heteroatoms. The van der Waals surface area contributed by atoms with Crippen molar-refractivity contribution in [1.82, 2.24) is 14.8 Å². The molecule has 0 atom stereocenters. The molecular weight excluding hydrogens is 264 g/mol. The molecule has 2 aromatic rings. The highest BCUT2D eigenvalue weighted by atomic mass is 16.1. The third-order valence-corrected chi connectivity index (χ3v) is 3.26. The molecule has 2 rings (SSSR count). The summed E-state index contributed by atoms with van der Waals surface area (Å²) in [6, 6.07) is 7.63. The summed E-state index contributed by atoms with van der Waals surface area (Å²) in [5.74, 6) is 1.25. The maximum Gasteiger partial charge on any atom is 0.170 e. The lowest BCUT2D eigenvalue weighted by Gasteiger charge is -2.08. The zero-order valence-corrected chi connectivity index (χ0v) is 12.6. The van der Waals surface area contributed by atoms with Gasteiger partial charge in [-0.05, 0) is 24.4 Å². The summed E-state index contributed by atoms with van der Waals surface area (Å²) in [4.78, 5) is 16.5. The Morgan fingerprint density at radius 2 is 2.00 bits per heavy atom. The highest BCUT2D eigenvalue weighted by Gasteiger charge is 2.13. The van der Waals surface area contributed by atoms with E-state index in [2.05, 4.69) is 23.9 Å². The SMILES string of the molecule is CC(C)Cn1ncnc1CC(=O)c1ccc(CCN)cc1. The summed E-state index contributed by atoms with van der Waals surface area (Å²) >= 11 is 0. The Balaban J connectivity index is 2.05. The first-order chi connectivity index (χ1) is 10.1. The number of benzene rings is 1. The molecule has 0 unspecified atom stereocenters. The molecule has 0 aliphatic rings. The molecule has 5 nitrogen and oxygen atoms in total. The number of aromatic nitrogens is 3. The van der Waals surface area contributed by atoms with E-state index in [0.29, 0.717) is 18.0 Å². The predicted octanol–water partition coefficient (Wildman–Crippen LogP) is 1.86. The van der Waals surface area contributed by atoms with Crippen LogP contribution in [0.5, 0.6) is 0 Å². The molecule has 0 radical (unpaired) electrons. The third-order valence-electron chi connectivity index (χ3n) is 3.26. The molecule has 1 aromatic carbocycles. The van der Waals surface area contributed by atoms with Gasteiger partial charge in [-0.15, -0.1) is 0 Å². The van der Waals surface area contributed by atoms with Crippen LogP contribution in [0.15, 0.2) is 30.6 Å². The summed E-state index contributed by atoms with van der Waals surface area (Å²) in [6.07, 6.45) is 2.62. The number of carbonyl (C=O) groups excluding carboxylic acids is 1. The molecule has 0 aliphatic carbocycles. The second-order valence-corrected chi connectivity index (χ2v) is 5.59. The molecule has 0 aliphatic heterocycles. The van der Waals surface area contributed by atoms with E-state index in [-0.39, 0.29) is 12.2 Å². The van der Waals surface area contributed by atoms with Crippen LogP contribution in [0, 0.1) is 5.92 Å². The van der Waals surface area contributed by atoms with Crippen LogP contribution < -0.4 is 5.73 Å². The van der Waals surface area contributed by atoms with Gasteiger partial charge in [0.1, 0.15) is 12.2 Å². The van der Waals surface area contributed by atoms with E-state index in [1.807, 2.05) is 28.9 Å². The van der Waals surface area contributed by atoms with Crippen LogP contribution in [0.25, 0.3) is 0 Å². The lowest BCUT2D eigenvalue weighted by molar-refractivity contribution is 0.0989. The third kappa shape index (κ3) is 4.23. The lowest BCUT2D eigenvalue weighted by atomic mass is 10.0. The summed E-state index contributed by atoms with van der Waals surface area (Å²) in [6.45, 7) is 5.62. The maximum absolute atomic E-state index is 12.3. The topological polar surface area (TPSA) is 73.8 Å². The molecular formula is C16H22N4O. The van der Waals surface area contributed by atoms with E-state index in [9.17, 15) is 4.79 Å². The molecule has 0 spiro atoms. The van der Waals surface area contributed by atoms with Gasteiger partial charge < -0.3 is 5.73 Å². The Kier molecular flexibility index (Phi) is 5.22. The lowest BCUT2D eigenvalue weighted by Crippen LogP contribution is -2.14. The summed E-state index contributed by atoms with van der Waals surface area (Å²) in [5, 5.41) is 4.18. The average molecular weight is 286 g/mol. The van der Waals surface area contributed by atoms with Crippen molar-refractivity contribution in [3.05, 3.63) is 47.5 Å². The Morgan fingerprint density at radius 1 is 1.29 bits per heavy atom. The normalized spacial score (nSPS) is 11.0. The number of rotatable bonds is 7.